The zero-order valence-corrected chi connectivity index (χ0v) is 13.2. The van der Waals surface area contributed by atoms with Crippen LogP contribution in [0.1, 0.15) is 23.1 Å². The average molecular weight is 296 g/mol. The summed E-state index contributed by atoms with van der Waals surface area (Å²) in [6, 6.07) is 4.11. The number of piperazine rings is 1. The molecule has 1 aliphatic heterocycles. The molecule has 0 unspecified atom stereocenters. The maximum Gasteiger partial charge on any atom is 0.227 e. The number of aliphatic hydroxyl groups excluding tert-OH is 1. The van der Waals surface area contributed by atoms with Gasteiger partial charge < -0.3 is 10.0 Å². The topological polar surface area (TPSA) is 43.8 Å². The molecule has 0 radical (unpaired) electrons. The first-order chi connectivity index (χ1) is 9.58. The summed E-state index contributed by atoms with van der Waals surface area (Å²) in [4.78, 5) is 18.8. The number of hydrogen-bond donors (Lipinski definition) is 1. The van der Waals surface area contributed by atoms with Crippen molar-refractivity contribution in [2.24, 2.45) is 0 Å². The van der Waals surface area contributed by atoms with Crippen LogP contribution in [0.15, 0.2) is 12.1 Å². The lowest BCUT2D eigenvalue weighted by Crippen LogP contribution is -2.50. The van der Waals surface area contributed by atoms with Gasteiger partial charge in [0.15, 0.2) is 0 Å². The molecular weight excluding hydrogens is 272 g/mol. The van der Waals surface area contributed by atoms with Gasteiger partial charge in [-0.3, -0.25) is 9.69 Å². The van der Waals surface area contributed by atoms with Crippen LogP contribution in [0.25, 0.3) is 0 Å². The van der Waals surface area contributed by atoms with Gasteiger partial charge in [-0.15, -0.1) is 11.3 Å². The minimum Gasteiger partial charge on any atom is -0.392 e. The molecule has 1 amide bonds. The Hall–Kier alpha value is -0.910. The average Bonchev–Trinajstić information content (AvgIpc) is 2.84. The summed E-state index contributed by atoms with van der Waals surface area (Å²) in [5.41, 5.74) is 0. The van der Waals surface area contributed by atoms with Gasteiger partial charge >= 0.3 is 0 Å². The van der Waals surface area contributed by atoms with Crippen molar-refractivity contribution in [2.45, 2.75) is 32.8 Å². The zero-order chi connectivity index (χ0) is 14.5. The predicted molar refractivity (Wildman–Crippen MR) is 82.1 cm³/mol. The Morgan fingerprint density at radius 2 is 2.05 bits per heavy atom. The SMILES string of the molecule is CC[C@H](O)CN1CCN(C(=O)Cc2ccc(C)s2)CC1. The van der Waals surface area contributed by atoms with Gasteiger partial charge in [-0.2, -0.15) is 0 Å². The third kappa shape index (κ3) is 4.30. The van der Waals surface area contributed by atoms with E-state index in [1.165, 1.54) is 4.88 Å². The molecule has 4 nitrogen and oxygen atoms in total. The Balaban J connectivity index is 1.77. The van der Waals surface area contributed by atoms with Crippen molar-refractivity contribution in [2.75, 3.05) is 32.7 Å². The third-order valence-corrected chi connectivity index (χ3v) is 4.79. The Morgan fingerprint density at radius 1 is 1.35 bits per heavy atom. The molecular formula is C15H24N2O2S. The highest BCUT2D eigenvalue weighted by molar-refractivity contribution is 7.12. The van der Waals surface area contributed by atoms with E-state index in [1.807, 2.05) is 17.9 Å². The molecule has 1 N–H and O–H groups in total. The molecule has 20 heavy (non-hydrogen) atoms. The number of β-amino-alcohol motifs (C(OH)–C–C–N with tert-alkyl or cyclic N) is 1. The van der Waals surface area contributed by atoms with E-state index in [1.54, 1.807) is 11.3 Å². The second kappa shape index (κ2) is 7.20. The molecule has 0 spiro atoms. The summed E-state index contributed by atoms with van der Waals surface area (Å²) in [6.07, 6.45) is 1.07. The van der Waals surface area contributed by atoms with E-state index in [2.05, 4.69) is 17.9 Å². The lowest BCUT2D eigenvalue weighted by atomic mass is 10.2. The van der Waals surface area contributed by atoms with Crippen LogP contribution in [0.5, 0.6) is 0 Å². The standard InChI is InChI=1S/C15H24N2O2S/c1-3-13(18)11-16-6-8-17(9-7-16)15(19)10-14-5-4-12(2)20-14/h4-5,13,18H,3,6-11H2,1-2H3/t13-/m0/s1. The van der Waals surface area contributed by atoms with Gasteiger partial charge in [0.25, 0.3) is 0 Å². The van der Waals surface area contributed by atoms with Crippen molar-refractivity contribution in [1.29, 1.82) is 0 Å². The normalized spacial score (nSPS) is 18.2. The molecule has 1 saturated heterocycles. The molecule has 0 aromatic carbocycles. The summed E-state index contributed by atoms with van der Waals surface area (Å²) >= 11 is 1.70. The van der Waals surface area contributed by atoms with E-state index >= 15 is 0 Å². The molecule has 0 saturated carbocycles. The van der Waals surface area contributed by atoms with Crippen molar-refractivity contribution in [3.8, 4) is 0 Å². The molecule has 2 heterocycles. The highest BCUT2D eigenvalue weighted by Gasteiger charge is 2.22. The van der Waals surface area contributed by atoms with E-state index in [0.29, 0.717) is 6.42 Å². The first-order valence-corrected chi connectivity index (χ1v) is 8.13. The fraction of sp³-hybridized carbons (Fsp3) is 0.667. The van der Waals surface area contributed by atoms with Crippen molar-refractivity contribution >= 4 is 17.2 Å². The van der Waals surface area contributed by atoms with E-state index in [4.69, 9.17) is 0 Å². The van der Waals surface area contributed by atoms with Gasteiger partial charge in [0.1, 0.15) is 0 Å². The first-order valence-electron chi connectivity index (χ1n) is 7.32. The molecule has 112 valence electrons. The minimum atomic E-state index is -0.244. The lowest BCUT2D eigenvalue weighted by molar-refractivity contribution is -0.132. The number of aliphatic hydroxyl groups is 1. The number of hydrogen-bond acceptors (Lipinski definition) is 4. The number of nitrogens with zero attached hydrogens (tertiary/aromatic N) is 2. The van der Waals surface area contributed by atoms with Crippen LogP contribution in [0, 0.1) is 6.92 Å². The lowest BCUT2D eigenvalue weighted by Gasteiger charge is -2.35. The van der Waals surface area contributed by atoms with Crippen molar-refractivity contribution < 1.29 is 9.90 Å². The Morgan fingerprint density at radius 3 is 2.60 bits per heavy atom. The molecule has 1 fully saturated rings. The van der Waals surface area contributed by atoms with Crippen molar-refractivity contribution in [3.63, 3.8) is 0 Å². The van der Waals surface area contributed by atoms with Gasteiger partial charge in [0.2, 0.25) is 5.91 Å². The van der Waals surface area contributed by atoms with Crippen molar-refractivity contribution in [1.82, 2.24) is 9.80 Å². The third-order valence-electron chi connectivity index (χ3n) is 3.79. The molecule has 1 aromatic heterocycles. The minimum absolute atomic E-state index is 0.225. The van der Waals surface area contributed by atoms with Crippen LogP contribution >= 0.6 is 11.3 Å². The molecule has 1 aromatic rings. The zero-order valence-electron chi connectivity index (χ0n) is 12.3. The first kappa shape index (κ1) is 15.5. The van der Waals surface area contributed by atoms with E-state index in [0.717, 1.165) is 44.0 Å². The molecule has 0 aliphatic carbocycles. The summed E-state index contributed by atoms with van der Waals surface area (Å²) in [6.45, 7) is 8.07. The van der Waals surface area contributed by atoms with Crippen LogP contribution in [-0.4, -0.2) is 59.6 Å². The highest BCUT2D eigenvalue weighted by atomic mass is 32.1. The van der Waals surface area contributed by atoms with E-state index in [9.17, 15) is 9.90 Å². The largest absolute Gasteiger partial charge is 0.392 e. The highest BCUT2D eigenvalue weighted by Crippen LogP contribution is 2.17. The van der Waals surface area contributed by atoms with Gasteiger partial charge in [0, 0.05) is 42.5 Å². The smallest absolute Gasteiger partial charge is 0.227 e. The second-order valence-electron chi connectivity index (χ2n) is 5.43. The Labute approximate surface area is 125 Å². The number of rotatable bonds is 5. The monoisotopic (exact) mass is 296 g/mol. The van der Waals surface area contributed by atoms with Gasteiger partial charge in [-0.25, -0.2) is 0 Å². The van der Waals surface area contributed by atoms with Gasteiger partial charge in [-0.1, -0.05) is 6.92 Å². The predicted octanol–water partition coefficient (Wildman–Crippen LogP) is 1.51. The number of carbonyl (C=O) groups is 1. The van der Waals surface area contributed by atoms with Crippen LogP contribution < -0.4 is 0 Å². The van der Waals surface area contributed by atoms with E-state index < -0.39 is 0 Å². The van der Waals surface area contributed by atoms with Crippen LogP contribution in [0.2, 0.25) is 0 Å². The Kier molecular flexibility index (Phi) is 5.57. The fourth-order valence-electron chi connectivity index (χ4n) is 2.45. The number of amides is 1. The van der Waals surface area contributed by atoms with Crippen LogP contribution in [-0.2, 0) is 11.2 Å². The number of thiophene rings is 1. The molecule has 1 aliphatic rings. The van der Waals surface area contributed by atoms with Gasteiger partial charge in [-0.05, 0) is 25.5 Å². The molecule has 5 heteroatoms. The van der Waals surface area contributed by atoms with Gasteiger partial charge in [0.05, 0.1) is 12.5 Å². The van der Waals surface area contributed by atoms with Crippen LogP contribution in [0.3, 0.4) is 0 Å². The van der Waals surface area contributed by atoms with Crippen LogP contribution in [0.4, 0.5) is 0 Å². The van der Waals surface area contributed by atoms with Crippen molar-refractivity contribution in [3.05, 3.63) is 21.9 Å². The fourth-order valence-corrected chi connectivity index (χ4v) is 3.33. The quantitative estimate of drug-likeness (QED) is 0.896. The molecule has 1 atom stereocenters. The maximum atomic E-state index is 12.2. The summed E-state index contributed by atoms with van der Waals surface area (Å²) in [5, 5.41) is 9.66. The molecule has 2 rings (SSSR count). The second-order valence-corrected chi connectivity index (χ2v) is 6.81. The number of carbonyl (C=O) groups excluding carboxylic acids is 1. The summed E-state index contributed by atoms with van der Waals surface area (Å²) in [5.74, 6) is 0.225. The maximum absolute atomic E-state index is 12.2. The number of aryl methyl sites for hydroxylation is 1. The summed E-state index contributed by atoms with van der Waals surface area (Å²) in [7, 11) is 0. The van der Waals surface area contributed by atoms with E-state index in [-0.39, 0.29) is 12.0 Å². The summed E-state index contributed by atoms with van der Waals surface area (Å²) < 4.78 is 0. The Bertz CT molecular complexity index is 439. The molecule has 0 bridgehead atoms.